The number of hydrogen-bond donors (Lipinski definition) is 2. The molecule has 5 heteroatoms. The fraction of sp³-hybridized carbons (Fsp3) is 0.391. The molecule has 1 aliphatic rings. The summed E-state index contributed by atoms with van der Waals surface area (Å²) in [6, 6.07) is 17.3. The summed E-state index contributed by atoms with van der Waals surface area (Å²) in [4.78, 5) is 27.5. The minimum absolute atomic E-state index is 0.0904. The number of rotatable bonds is 6. The third-order valence-corrected chi connectivity index (χ3v) is 5.46. The standard InChI is InChI=1S/C23H29N3O2/c1-17-8-10-19(11-9-17)23(28)25-21(18-6-4-3-5-7-18)16-22(27)26-14-12-20(24-2)13-15-26/h3-11,20-21,24H,12-16H2,1-2H3,(H,25,28). The first kappa shape index (κ1) is 20.1. The number of amides is 2. The third kappa shape index (κ3) is 5.20. The lowest BCUT2D eigenvalue weighted by Gasteiger charge is -2.33. The fourth-order valence-electron chi connectivity index (χ4n) is 3.61. The van der Waals surface area contributed by atoms with E-state index in [2.05, 4.69) is 10.6 Å². The van der Waals surface area contributed by atoms with Crippen LogP contribution in [0.5, 0.6) is 0 Å². The van der Waals surface area contributed by atoms with Gasteiger partial charge in [0, 0.05) is 24.7 Å². The van der Waals surface area contributed by atoms with Crippen molar-refractivity contribution in [1.29, 1.82) is 0 Å². The topological polar surface area (TPSA) is 61.4 Å². The van der Waals surface area contributed by atoms with Crippen molar-refractivity contribution >= 4 is 11.8 Å². The molecule has 1 aliphatic heterocycles. The SMILES string of the molecule is CNC1CCN(C(=O)CC(NC(=O)c2ccc(C)cc2)c2ccccc2)CC1. The number of aryl methyl sites for hydroxylation is 1. The maximum absolute atomic E-state index is 12.9. The smallest absolute Gasteiger partial charge is 0.251 e. The van der Waals surface area contributed by atoms with E-state index in [-0.39, 0.29) is 24.3 Å². The highest BCUT2D eigenvalue weighted by Gasteiger charge is 2.25. The molecule has 2 amide bonds. The molecule has 1 heterocycles. The van der Waals surface area contributed by atoms with E-state index < -0.39 is 0 Å². The van der Waals surface area contributed by atoms with Gasteiger partial charge < -0.3 is 15.5 Å². The molecular weight excluding hydrogens is 350 g/mol. The average Bonchev–Trinajstić information content (AvgIpc) is 2.74. The van der Waals surface area contributed by atoms with Crippen molar-refractivity contribution in [3.8, 4) is 0 Å². The molecule has 1 saturated heterocycles. The quantitative estimate of drug-likeness (QED) is 0.811. The molecule has 0 spiro atoms. The monoisotopic (exact) mass is 379 g/mol. The Morgan fingerprint density at radius 3 is 2.29 bits per heavy atom. The molecule has 2 aromatic rings. The van der Waals surface area contributed by atoms with Crippen molar-refractivity contribution in [2.75, 3.05) is 20.1 Å². The summed E-state index contributed by atoms with van der Waals surface area (Å²) in [7, 11) is 1.97. The van der Waals surface area contributed by atoms with Crippen LogP contribution in [-0.2, 0) is 4.79 Å². The van der Waals surface area contributed by atoms with Crippen LogP contribution < -0.4 is 10.6 Å². The second kappa shape index (κ2) is 9.51. The fourth-order valence-corrected chi connectivity index (χ4v) is 3.61. The molecular formula is C23H29N3O2. The number of carbonyl (C=O) groups excluding carboxylic acids is 2. The van der Waals surface area contributed by atoms with E-state index in [1.165, 1.54) is 0 Å². The Bertz CT molecular complexity index is 781. The highest BCUT2D eigenvalue weighted by atomic mass is 16.2. The molecule has 5 nitrogen and oxygen atoms in total. The first-order valence-electron chi connectivity index (χ1n) is 9.94. The van der Waals surface area contributed by atoms with Crippen LogP contribution in [0.15, 0.2) is 54.6 Å². The van der Waals surface area contributed by atoms with Crippen molar-refractivity contribution in [3.63, 3.8) is 0 Å². The van der Waals surface area contributed by atoms with Gasteiger partial charge in [-0.1, -0.05) is 48.0 Å². The van der Waals surface area contributed by atoms with E-state index in [0.29, 0.717) is 11.6 Å². The molecule has 0 radical (unpaired) electrons. The number of benzene rings is 2. The van der Waals surface area contributed by atoms with Gasteiger partial charge in [0.05, 0.1) is 12.5 Å². The Labute approximate surface area is 167 Å². The second-order valence-corrected chi connectivity index (χ2v) is 7.45. The number of carbonyl (C=O) groups is 2. The van der Waals surface area contributed by atoms with Crippen molar-refractivity contribution in [1.82, 2.24) is 15.5 Å². The molecule has 0 saturated carbocycles. The molecule has 2 aromatic carbocycles. The molecule has 0 bridgehead atoms. The van der Waals surface area contributed by atoms with E-state index in [4.69, 9.17) is 0 Å². The molecule has 148 valence electrons. The van der Waals surface area contributed by atoms with E-state index in [0.717, 1.165) is 37.1 Å². The Balaban J connectivity index is 1.70. The summed E-state index contributed by atoms with van der Waals surface area (Å²) < 4.78 is 0. The minimum Gasteiger partial charge on any atom is -0.345 e. The van der Waals surface area contributed by atoms with Crippen LogP contribution in [-0.4, -0.2) is 42.9 Å². The maximum Gasteiger partial charge on any atom is 0.251 e. The van der Waals surface area contributed by atoms with Crippen molar-refractivity contribution in [2.24, 2.45) is 0 Å². The first-order chi connectivity index (χ1) is 13.6. The molecule has 0 aromatic heterocycles. The number of hydrogen-bond acceptors (Lipinski definition) is 3. The van der Waals surface area contributed by atoms with Crippen molar-refractivity contribution < 1.29 is 9.59 Å². The Kier molecular flexibility index (Phi) is 6.82. The molecule has 1 fully saturated rings. The lowest BCUT2D eigenvalue weighted by molar-refractivity contribution is -0.132. The predicted molar refractivity (Wildman–Crippen MR) is 111 cm³/mol. The van der Waals surface area contributed by atoms with Gasteiger partial charge in [-0.15, -0.1) is 0 Å². The summed E-state index contributed by atoms with van der Waals surface area (Å²) in [6.45, 7) is 3.51. The van der Waals surface area contributed by atoms with Gasteiger partial charge in [-0.3, -0.25) is 9.59 Å². The third-order valence-electron chi connectivity index (χ3n) is 5.46. The first-order valence-corrected chi connectivity index (χ1v) is 9.94. The van der Waals surface area contributed by atoms with Gasteiger partial charge in [-0.2, -0.15) is 0 Å². The zero-order valence-corrected chi connectivity index (χ0v) is 16.7. The summed E-state index contributed by atoms with van der Waals surface area (Å²) >= 11 is 0. The zero-order chi connectivity index (χ0) is 19.9. The molecule has 3 rings (SSSR count). The Morgan fingerprint density at radius 1 is 1.04 bits per heavy atom. The van der Waals surface area contributed by atoms with Crippen LogP contribution in [0.2, 0.25) is 0 Å². The highest BCUT2D eigenvalue weighted by Crippen LogP contribution is 2.20. The largest absolute Gasteiger partial charge is 0.345 e. The van der Waals surface area contributed by atoms with Gasteiger partial charge in [-0.25, -0.2) is 0 Å². The van der Waals surface area contributed by atoms with Gasteiger partial charge in [0.15, 0.2) is 0 Å². The number of nitrogens with zero attached hydrogens (tertiary/aromatic N) is 1. The molecule has 1 unspecified atom stereocenters. The van der Waals surface area contributed by atoms with Crippen LogP contribution in [0.25, 0.3) is 0 Å². The zero-order valence-electron chi connectivity index (χ0n) is 16.7. The minimum atomic E-state index is -0.343. The summed E-state index contributed by atoms with van der Waals surface area (Å²) in [5, 5.41) is 6.34. The van der Waals surface area contributed by atoms with E-state index in [9.17, 15) is 9.59 Å². The lowest BCUT2D eigenvalue weighted by atomic mass is 10.00. The number of likely N-dealkylation sites (tertiary alicyclic amines) is 1. The van der Waals surface area contributed by atoms with Crippen LogP contribution in [0.1, 0.15) is 46.8 Å². The Morgan fingerprint density at radius 2 is 1.68 bits per heavy atom. The summed E-state index contributed by atoms with van der Waals surface area (Å²) in [6.07, 6.45) is 2.20. The summed E-state index contributed by atoms with van der Waals surface area (Å²) in [5.74, 6) is -0.0665. The van der Waals surface area contributed by atoms with Crippen LogP contribution in [0.3, 0.4) is 0 Å². The van der Waals surface area contributed by atoms with E-state index >= 15 is 0 Å². The Hall–Kier alpha value is -2.66. The summed E-state index contributed by atoms with van der Waals surface area (Å²) in [5.41, 5.74) is 2.66. The van der Waals surface area contributed by atoms with Crippen molar-refractivity contribution in [2.45, 2.75) is 38.3 Å². The lowest BCUT2D eigenvalue weighted by Crippen LogP contribution is -2.45. The highest BCUT2D eigenvalue weighted by molar-refractivity contribution is 5.94. The van der Waals surface area contributed by atoms with Crippen LogP contribution in [0, 0.1) is 6.92 Å². The van der Waals surface area contributed by atoms with Crippen LogP contribution >= 0.6 is 0 Å². The maximum atomic E-state index is 12.9. The number of piperidine rings is 1. The number of nitrogens with one attached hydrogen (secondary N) is 2. The molecule has 0 aliphatic carbocycles. The van der Waals surface area contributed by atoms with Gasteiger partial charge in [-0.05, 0) is 44.5 Å². The van der Waals surface area contributed by atoms with Gasteiger partial charge in [0.2, 0.25) is 5.91 Å². The van der Waals surface area contributed by atoms with Gasteiger partial charge >= 0.3 is 0 Å². The second-order valence-electron chi connectivity index (χ2n) is 7.45. The normalized spacial score (nSPS) is 15.9. The molecule has 2 N–H and O–H groups in total. The van der Waals surface area contributed by atoms with E-state index in [1.807, 2.05) is 73.5 Å². The van der Waals surface area contributed by atoms with Gasteiger partial charge in [0.1, 0.15) is 0 Å². The molecule has 28 heavy (non-hydrogen) atoms. The predicted octanol–water partition coefficient (Wildman–Crippen LogP) is 3.07. The van der Waals surface area contributed by atoms with Crippen LogP contribution in [0.4, 0.5) is 0 Å². The van der Waals surface area contributed by atoms with E-state index in [1.54, 1.807) is 0 Å². The molecule has 1 atom stereocenters. The van der Waals surface area contributed by atoms with Gasteiger partial charge in [0.25, 0.3) is 5.91 Å². The average molecular weight is 380 g/mol. The van der Waals surface area contributed by atoms with Crippen molar-refractivity contribution in [3.05, 3.63) is 71.3 Å².